The lowest BCUT2D eigenvalue weighted by Gasteiger charge is -2.36. The van der Waals surface area contributed by atoms with Gasteiger partial charge in [-0.15, -0.1) is 0 Å². The van der Waals surface area contributed by atoms with Gasteiger partial charge in [0.2, 0.25) is 5.95 Å². The van der Waals surface area contributed by atoms with Gasteiger partial charge in [-0.1, -0.05) is 13.8 Å². The largest absolute Gasteiger partial charge is 0.357 e. The molecule has 3 heterocycles. The number of fused-ring (bicyclic) bond motifs is 1. The summed E-state index contributed by atoms with van der Waals surface area (Å²) in [5.41, 5.74) is 0.792. The minimum Gasteiger partial charge on any atom is -0.357 e. The van der Waals surface area contributed by atoms with E-state index in [0.29, 0.717) is 11.9 Å². The second-order valence-corrected chi connectivity index (χ2v) is 5.44. The molecule has 1 saturated heterocycles. The van der Waals surface area contributed by atoms with E-state index in [0.717, 1.165) is 35.9 Å². The summed E-state index contributed by atoms with van der Waals surface area (Å²) in [6.45, 7) is 6.73. The number of aromatic nitrogens is 4. The third-order valence-corrected chi connectivity index (χ3v) is 4.15. The smallest absolute Gasteiger partial charge is 0.226 e. The van der Waals surface area contributed by atoms with E-state index in [4.69, 9.17) is 0 Å². The van der Waals surface area contributed by atoms with E-state index in [9.17, 15) is 0 Å². The van der Waals surface area contributed by atoms with Gasteiger partial charge in [0, 0.05) is 20.1 Å². The highest BCUT2D eigenvalue weighted by Gasteiger charge is 2.25. The van der Waals surface area contributed by atoms with E-state index in [1.165, 1.54) is 6.42 Å². The van der Waals surface area contributed by atoms with Crippen molar-refractivity contribution in [1.29, 1.82) is 0 Å². The molecule has 6 nitrogen and oxygen atoms in total. The highest BCUT2D eigenvalue weighted by Crippen LogP contribution is 2.30. The molecule has 2 aromatic rings. The molecule has 6 heteroatoms. The zero-order valence-corrected chi connectivity index (χ0v) is 11.6. The Balaban J connectivity index is 2.01. The number of nitrogens with one attached hydrogen (secondary N) is 2. The molecule has 1 aliphatic heterocycles. The molecule has 19 heavy (non-hydrogen) atoms. The van der Waals surface area contributed by atoms with Crippen LogP contribution in [0.15, 0.2) is 6.20 Å². The minimum atomic E-state index is 0.637. The summed E-state index contributed by atoms with van der Waals surface area (Å²) < 4.78 is 0. The molecule has 0 saturated carbocycles. The third kappa shape index (κ3) is 2.11. The first-order chi connectivity index (χ1) is 9.19. The van der Waals surface area contributed by atoms with Crippen LogP contribution in [0.3, 0.4) is 0 Å². The number of rotatable bonds is 2. The molecule has 0 spiro atoms. The van der Waals surface area contributed by atoms with E-state index in [1.807, 2.05) is 13.2 Å². The predicted octanol–water partition coefficient (Wildman–Crippen LogP) is 1.88. The van der Waals surface area contributed by atoms with E-state index >= 15 is 0 Å². The Morgan fingerprint density at radius 1 is 1.32 bits per heavy atom. The van der Waals surface area contributed by atoms with Gasteiger partial charge in [-0.25, -0.2) is 0 Å². The summed E-state index contributed by atoms with van der Waals surface area (Å²) in [4.78, 5) is 11.3. The number of aromatic amines is 1. The highest BCUT2D eigenvalue weighted by molar-refractivity contribution is 5.87. The first-order valence-corrected chi connectivity index (χ1v) is 6.83. The molecule has 0 aliphatic carbocycles. The van der Waals surface area contributed by atoms with Crippen LogP contribution in [0.4, 0.5) is 11.8 Å². The van der Waals surface area contributed by atoms with Crippen molar-refractivity contribution in [3.63, 3.8) is 0 Å². The standard InChI is InChI=1S/C13H20N6/c1-8-4-5-19(7-9(8)2)12-10-6-15-18-11(10)16-13(14-3)17-12/h6,8-9H,4-5,7H2,1-3H3,(H2,14,15,16,17,18). The van der Waals surface area contributed by atoms with Gasteiger partial charge in [0.25, 0.3) is 0 Å². The van der Waals surface area contributed by atoms with Gasteiger partial charge >= 0.3 is 0 Å². The Labute approximate surface area is 112 Å². The average molecular weight is 260 g/mol. The normalized spacial score (nSPS) is 23.8. The van der Waals surface area contributed by atoms with E-state index in [2.05, 4.69) is 44.2 Å². The molecule has 2 atom stereocenters. The molecule has 1 fully saturated rings. The molecule has 3 rings (SSSR count). The lowest BCUT2D eigenvalue weighted by molar-refractivity contribution is 0.323. The first kappa shape index (κ1) is 12.2. The van der Waals surface area contributed by atoms with Gasteiger partial charge in [0.05, 0.1) is 11.6 Å². The van der Waals surface area contributed by atoms with Crippen molar-refractivity contribution in [3.05, 3.63) is 6.20 Å². The number of piperidine rings is 1. The van der Waals surface area contributed by atoms with Gasteiger partial charge in [-0.3, -0.25) is 5.10 Å². The average Bonchev–Trinajstić information content (AvgIpc) is 2.89. The van der Waals surface area contributed by atoms with Crippen LogP contribution in [0.25, 0.3) is 11.0 Å². The van der Waals surface area contributed by atoms with Crippen molar-refractivity contribution in [3.8, 4) is 0 Å². The van der Waals surface area contributed by atoms with Crippen molar-refractivity contribution in [2.75, 3.05) is 30.4 Å². The Bertz CT molecular complexity index is 578. The van der Waals surface area contributed by atoms with Crippen LogP contribution in [0.1, 0.15) is 20.3 Å². The summed E-state index contributed by atoms with van der Waals surface area (Å²) in [5, 5.41) is 11.0. The maximum atomic E-state index is 4.62. The van der Waals surface area contributed by atoms with E-state index < -0.39 is 0 Å². The molecule has 2 N–H and O–H groups in total. The van der Waals surface area contributed by atoms with E-state index in [1.54, 1.807) is 0 Å². The third-order valence-electron chi connectivity index (χ3n) is 4.15. The zero-order chi connectivity index (χ0) is 13.4. The summed E-state index contributed by atoms with van der Waals surface area (Å²) >= 11 is 0. The van der Waals surface area contributed by atoms with Gasteiger partial charge in [-0.2, -0.15) is 15.1 Å². The Kier molecular flexibility index (Phi) is 3.00. The van der Waals surface area contributed by atoms with Gasteiger partial charge in [0.15, 0.2) is 5.65 Å². The van der Waals surface area contributed by atoms with Crippen molar-refractivity contribution in [1.82, 2.24) is 20.2 Å². The van der Waals surface area contributed by atoms with Crippen LogP contribution in [-0.4, -0.2) is 40.3 Å². The number of anilines is 2. The maximum absolute atomic E-state index is 4.62. The summed E-state index contributed by atoms with van der Waals surface area (Å²) in [7, 11) is 1.84. The fraction of sp³-hybridized carbons (Fsp3) is 0.615. The lowest BCUT2D eigenvalue weighted by atomic mass is 9.88. The summed E-state index contributed by atoms with van der Waals surface area (Å²) in [5.74, 6) is 3.09. The second-order valence-electron chi connectivity index (χ2n) is 5.44. The van der Waals surface area contributed by atoms with Gasteiger partial charge in [-0.05, 0) is 18.3 Å². The zero-order valence-electron chi connectivity index (χ0n) is 11.6. The fourth-order valence-electron chi connectivity index (χ4n) is 2.63. The molecule has 1 aliphatic rings. The van der Waals surface area contributed by atoms with Crippen molar-refractivity contribution in [2.45, 2.75) is 20.3 Å². The molecular weight excluding hydrogens is 240 g/mol. The van der Waals surface area contributed by atoms with E-state index in [-0.39, 0.29) is 0 Å². The monoisotopic (exact) mass is 260 g/mol. The SMILES string of the molecule is CNc1nc(N2CCC(C)C(C)C2)c2cn[nH]c2n1. The maximum Gasteiger partial charge on any atom is 0.226 e. The van der Waals surface area contributed by atoms with Crippen LogP contribution in [0.5, 0.6) is 0 Å². The number of nitrogens with zero attached hydrogens (tertiary/aromatic N) is 4. The van der Waals surface area contributed by atoms with Crippen LogP contribution in [-0.2, 0) is 0 Å². The Hall–Kier alpha value is -1.85. The van der Waals surface area contributed by atoms with Crippen LogP contribution < -0.4 is 10.2 Å². The quantitative estimate of drug-likeness (QED) is 0.862. The predicted molar refractivity (Wildman–Crippen MR) is 76.4 cm³/mol. The number of hydrogen-bond acceptors (Lipinski definition) is 5. The van der Waals surface area contributed by atoms with Crippen LogP contribution in [0.2, 0.25) is 0 Å². The summed E-state index contributed by atoms with van der Waals surface area (Å²) in [6, 6.07) is 0. The number of H-pyrrole nitrogens is 1. The fourth-order valence-corrected chi connectivity index (χ4v) is 2.63. The minimum absolute atomic E-state index is 0.637. The summed E-state index contributed by atoms with van der Waals surface area (Å²) in [6.07, 6.45) is 3.02. The Morgan fingerprint density at radius 3 is 2.89 bits per heavy atom. The second kappa shape index (κ2) is 4.68. The van der Waals surface area contributed by atoms with Crippen LogP contribution >= 0.6 is 0 Å². The molecule has 0 aromatic carbocycles. The van der Waals surface area contributed by atoms with Gasteiger partial charge in [0.1, 0.15) is 5.82 Å². The molecule has 102 valence electrons. The van der Waals surface area contributed by atoms with Crippen LogP contribution in [0, 0.1) is 11.8 Å². The highest BCUT2D eigenvalue weighted by atomic mass is 15.3. The molecular formula is C13H20N6. The topological polar surface area (TPSA) is 69.7 Å². The number of hydrogen-bond donors (Lipinski definition) is 2. The lowest BCUT2D eigenvalue weighted by Crippen LogP contribution is -2.39. The van der Waals surface area contributed by atoms with Crippen molar-refractivity contribution >= 4 is 22.8 Å². The molecule has 0 amide bonds. The van der Waals surface area contributed by atoms with Crippen molar-refractivity contribution < 1.29 is 0 Å². The molecule has 0 bridgehead atoms. The Morgan fingerprint density at radius 2 is 2.16 bits per heavy atom. The molecule has 2 unspecified atom stereocenters. The molecule has 2 aromatic heterocycles. The van der Waals surface area contributed by atoms with Crippen molar-refractivity contribution in [2.24, 2.45) is 11.8 Å². The molecule has 0 radical (unpaired) electrons. The first-order valence-electron chi connectivity index (χ1n) is 6.83. The van der Waals surface area contributed by atoms with Gasteiger partial charge < -0.3 is 10.2 Å².